The highest BCUT2D eigenvalue weighted by atomic mass is 32.2. The lowest BCUT2D eigenvalue weighted by Crippen LogP contribution is -2.21. The number of hydrogen-bond acceptors (Lipinski definition) is 8. The molecule has 0 unspecified atom stereocenters. The van der Waals surface area contributed by atoms with Gasteiger partial charge in [0.25, 0.3) is 5.91 Å². The molecule has 1 aromatic carbocycles. The number of amides is 2. The maximum atomic E-state index is 12.0. The number of esters is 1. The van der Waals surface area contributed by atoms with Crippen molar-refractivity contribution in [3.05, 3.63) is 35.3 Å². The van der Waals surface area contributed by atoms with Crippen LogP contribution >= 0.6 is 23.1 Å². The molecule has 10 heteroatoms. The summed E-state index contributed by atoms with van der Waals surface area (Å²) in [7, 11) is 0. The molecule has 0 saturated carbocycles. The van der Waals surface area contributed by atoms with Crippen LogP contribution in [0.3, 0.4) is 0 Å². The Morgan fingerprint density at radius 1 is 1.31 bits per heavy atom. The molecule has 2 rings (SSSR count). The first-order valence-electron chi connectivity index (χ1n) is 7.28. The van der Waals surface area contributed by atoms with Gasteiger partial charge < -0.3 is 15.4 Å². The third-order valence-electron chi connectivity index (χ3n) is 2.78. The first kappa shape index (κ1) is 19.4. The van der Waals surface area contributed by atoms with Crippen LogP contribution in [-0.2, 0) is 14.3 Å². The maximum absolute atomic E-state index is 12.0. The third-order valence-corrected chi connectivity index (χ3v) is 4.48. The summed E-state index contributed by atoms with van der Waals surface area (Å²) in [6.07, 6.45) is 0. The molecule has 8 nitrogen and oxygen atoms in total. The Morgan fingerprint density at radius 2 is 2.08 bits per heavy atom. The molecule has 0 aliphatic rings. The van der Waals surface area contributed by atoms with Crippen molar-refractivity contribution in [1.29, 1.82) is 5.26 Å². The van der Waals surface area contributed by atoms with E-state index in [-0.39, 0.29) is 22.5 Å². The second kappa shape index (κ2) is 9.55. The highest BCUT2D eigenvalue weighted by Gasteiger charge is 2.15. The molecule has 0 radical (unpaired) electrons. The van der Waals surface area contributed by atoms with Gasteiger partial charge >= 0.3 is 5.97 Å². The predicted octanol–water partition coefficient (Wildman–Crippen LogP) is 2.51. The van der Waals surface area contributed by atoms with Crippen molar-refractivity contribution in [2.75, 3.05) is 23.0 Å². The first-order chi connectivity index (χ1) is 12.5. The molecule has 0 atom stereocenters. The normalized spacial score (nSPS) is 9.85. The predicted molar refractivity (Wildman–Crippen MR) is 98.1 cm³/mol. The zero-order valence-corrected chi connectivity index (χ0v) is 15.3. The molecule has 2 amide bonds. The molecule has 2 N–H and O–H groups in total. The third kappa shape index (κ3) is 5.87. The number of anilines is 2. The minimum absolute atomic E-state index is 0.0107. The highest BCUT2D eigenvalue weighted by molar-refractivity contribution is 7.99. The fourth-order valence-corrected chi connectivity index (χ4v) is 3.17. The molecule has 0 bridgehead atoms. The number of nitriles is 1. The van der Waals surface area contributed by atoms with E-state index in [2.05, 4.69) is 15.6 Å². The Bertz CT molecular complexity index is 860. The molecule has 0 aliphatic carbocycles. The number of carbonyl (C=O) groups is 3. The van der Waals surface area contributed by atoms with E-state index in [0.29, 0.717) is 5.69 Å². The van der Waals surface area contributed by atoms with Crippen LogP contribution in [0, 0.1) is 11.3 Å². The Kier molecular flexibility index (Phi) is 7.13. The number of nitrogens with one attached hydrogen (secondary N) is 2. The number of thiazole rings is 1. The van der Waals surface area contributed by atoms with Crippen LogP contribution < -0.4 is 10.6 Å². The fourth-order valence-electron chi connectivity index (χ4n) is 1.77. The van der Waals surface area contributed by atoms with Gasteiger partial charge in [0.15, 0.2) is 17.4 Å². The van der Waals surface area contributed by atoms with E-state index >= 15 is 0 Å². The van der Waals surface area contributed by atoms with Crippen molar-refractivity contribution in [3.63, 3.8) is 0 Å². The summed E-state index contributed by atoms with van der Waals surface area (Å²) in [4.78, 5) is 39.5. The van der Waals surface area contributed by atoms with Crippen molar-refractivity contribution >= 4 is 51.7 Å². The highest BCUT2D eigenvalue weighted by Crippen LogP contribution is 2.26. The van der Waals surface area contributed by atoms with Gasteiger partial charge in [-0.25, -0.2) is 9.78 Å². The monoisotopic (exact) mass is 390 g/mol. The summed E-state index contributed by atoms with van der Waals surface area (Å²) in [5.74, 6) is -1.32. The smallest absolute Gasteiger partial charge is 0.358 e. The second-order valence-corrected chi connectivity index (χ2v) is 6.66. The fraction of sp³-hybridized carbons (Fsp3) is 0.188. The van der Waals surface area contributed by atoms with E-state index < -0.39 is 18.5 Å². The van der Waals surface area contributed by atoms with E-state index in [1.165, 1.54) is 24.1 Å². The van der Waals surface area contributed by atoms with Crippen LogP contribution in [0.4, 0.5) is 10.8 Å². The number of para-hydroxylation sites is 1. The molecule has 2 aromatic rings. The van der Waals surface area contributed by atoms with Gasteiger partial charge in [0, 0.05) is 17.2 Å². The number of ether oxygens (including phenoxy) is 1. The number of carbonyl (C=O) groups excluding carboxylic acids is 3. The van der Waals surface area contributed by atoms with Crippen molar-refractivity contribution < 1.29 is 19.1 Å². The van der Waals surface area contributed by atoms with Crippen LogP contribution in [0.5, 0.6) is 0 Å². The quantitative estimate of drug-likeness (QED) is 0.550. The van der Waals surface area contributed by atoms with Gasteiger partial charge in [0.2, 0.25) is 5.91 Å². The minimum atomic E-state index is -0.764. The molecule has 0 saturated heterocycles. The first-order valence-corrected chi connectivity index (χ1v) is 9.15. The number of thioether (sulfide) groups is 1. The van der Waals surface area contributed by atoms with Gasteiger partial charge in [-0.05, 0) is 12.1 Å². The SMILES string of the molecule is CC(=O)Nc1nc(C(=O)OCC(=O)Nc2ccccc2SCC#N)cs1. The summed E-state index contributed by atoms with van der Waals surface area (Å²) in [6.45, 7) is 0.847. The molecule has 1 aromatic heterocycles. The minimum Gasteiger partial charge on any atom is -0.451 e. The molecule has 0 fully saturated rings. The van der Waals surface area contributed by atoms with Gasteiger partial charge in [0.1, 0.15) is 0 Å². The lowest BCUT2D eigenvalue weighted by molar-refractivity contribution is -0.119. The van der Waals surface area contributed by atoms with Gasteiger partial charge in [-0.2, -0.15) is 5.26 Å². The van der Waals surface area contributed by atoms with Crippen LogP contribution in [0.25, 0.3) is 0 Å². The van der Waals surface area contributed by atoms with Gasteiger partial charge in [-0.15, -0.1) is 23.1 Å². The zero-order valence-electron chi connectivity index (χ0n) is 13.6. The average Bonchev–Trinajstić information content (AvgIpc) is 3.06. The standard InChI is InChI=1S/C16H14N4O4S2/c1-10(21)18-16-20-12(9-26-16)15(23)24-8-14(22)19-11-4-2-3-5-13(11)25-7-6-17/h2-5,9H,7-8H2,1H3,(H,19,22)(H,18,20,21). The Balaban J connectivity index is 1.89. The lowest BCUT2D eigenvalue weighted by Gasteiger charge is -2.09. The number of rotatable bonds is 7. The molecular weight excluding hydrogens is 376 g/mol. The summed E-state index contributed by atoms with van der Waals surface area (Å²) in [6, 6.07) is 9.03. The van der Waals surface area contributed by atoms with E-state index in [4.69, 9.17) is 10.00 Å². The molecule has 0 aliphatic heterocycles. The van der Waals surface area contributed by atoms with Crippen molar-refractivity contribution in [3.8, 4) is 6.07 Å². The van der Waals surface area contributed by atoms with E-state index in [9.17, 15) is 14.4 Å². The summed E-state index contributed by atoms with van der Waals surface area (Å²) < 4.78 is 4.92. The van der Waals surface area contributed by atoms with Gasteiger partial charge in [-0.1, -0.05) is 12.1 Å². The van der Waals surface area contributed by atoms with E-state index in [0.717, 1.165) is 16.2 Å². The van der Waals surface area contributed by atoms with E-state index in [1.807, 2.05) is 6.07 Å². The lowest BCUT2D eigenvalue weighted by atomic mass is 10.3. The van der Waals surface area contributed by atoms with Crippen LogP contribution in [0.15, 0.2) is 34.5 Å². The molecule has 0 spiro atoms. The number of nitrogens with zero attached hydrogens (tertiary/aromatic N) is 2. The number of aromatic nitrogens is 1. The van der Waals surface area contributed by atoms with Gasteiger partial charge in [0.05, 0.1) is 17.5 Å². The van der Waals surface area contributed by atoms with E-state index in [1.54, 1.807) is 24.3 Å². The summed E-state index contributed by atoms with van der Waals surface area (Å²) in [5.41, 5.74) is 0.548. The number of benzene rings is 1. The average molecular weight is 390 g/mol. The second-order valence-electron chi connectivity index (χ2n) is 4.79. The summed E-state index contributed by atoms with van der Waals surface area (Å²) in [5, 5.41) is 15.5. The van der Waals surface area contributed by atoms with Crippen LogP contribution in [0.2, 0.25) is 0 Å². The van der Waals surface area contributed by atoms with Crippen LogP contribution in [-0.4, -0.2) is 35.1 Å². The maximum Gasteiger partial charge on any atom is 0.358 e. The van der Waals surface area contributed by atoms with Gasteiger partial charge in [-0.3, -0.25) is 9.59 Å². The van der Waals surface area contributed by atoms with Crippen LogP contribution in [0.1, 0.15) is 17.4 Å². The Morgan fingerprint density at radius 3 is 2.81 bits per heavy atom. The number of hydrogen-bond donors (Lipinski definition) is 2. The molecule has 26 heavy (non-hydrogen) atoms. The Labute approximate surface area is 157 Å². The largest absolute Gasteiger partial charge is 0.451 e. The summed E-state index contributed by atoms with van der Waals surface area (Å²) >= 11 is 2.37. The molecular formula is C16H14N4O4S2. The van der Waals surface area contributed by atoms with Crippen molar-refractivity contribution in [2.45, 2.75) is 11.8 Å². The van der Waals surface area contributed by atoms with Crippen molar-refractivity contribution in [2.24, 2.45) is 0 Å². The van der Waals surface area contributed by atoms with Crippen molar-refractivity contribution in [1.82, 2.24) is 4.98 Å². The topological polar surface area (TPSA) is 121 Å². The zero-order chi connectivity index (χ0) is 18.9. The Hall–Kier alpha value is -2.90. The molecule has 1 heterocycles. The molecule has 134 valence electrons.